The van der Waals surface area contributed by atoms with Gasteiger partial charge in [0.2, 0.25) is 0 Å². The monoisotopic (exact) mass is 327 g/mol. The number of amides is 1. The molecule has 5 nitrogen and oxygen atoms in total. The summed E-state index contributed by atoms with van der Waals surface area (Å²) >= 11 is 0. The van der Waals surface area contributed by atoms with Crippen molar-refractivity contribution < 1.29 is 19.1 Å². The molecule has 2 aromatic rings. The SMILES string of the molecule is COc1ccccc1NC(=O)[C@H](C)OC(=O)Cc1ccc(C)cc1. The smallest absolute Gasteiger partial charge is 0.311 e. The Morgan fingerprint density at radius 1 is 1.08 bits per heavy atom. The maximum atomic E-state index is 12.2. The Hall–Kier alpha value is -2.82. The lowest BCUT2D eigenvalue weighted by molar-refractivity contribution is -0.152. The third-order valence-electron chi connectivity index (χ3n) is 3.51. The Morgan fingerprint density at radius 2 is 1.75 bits per heavy atom. The number of aryl methyl sites for hydroxylation is 1. The standard InChI is InChI=1S/C19H21NO4/c1-13-8-10-15(11-9-13)12-18(21)24-14(2)19(22)20-16-6-4-5-7-17(16)23-3/h4-11,14H,12H2,1-3H3,(H,20,22)/t14-/m0/s1. The molecule has 0 aliphatic rings. The maximum Gasteiger partial charge on any atom is 0.311 e. The fourth-order valence-corrected chi connectivity index (χ4v) is 2.15. The summed E-state index contributed by atoms with van der Waals surface area (Å²) in [7, 11) is 1.52. The number of hydrogen-bond acceptors (Lipinski definition) is 4. The van der Waals surface area contributed by atoms with E-state index >= 15 is 0 Å². The molecule has 5 heteroatoms. The Kier molecular flexibility index (Phi) is 5.95. The highest BCUT2D eigenvalue weighted by Crippen LogP contribution is 2.23. The van der Waals surface area contributed by atoms with Gasteiger partial charge in [-0.05, 0) is 31.5 Å². The molecule has 1 N–H and O–H groups in total. The number of ether oxygens (including phenoxy) is 2. The molecule has 0 heterocycles. The molecular weight excluding hydrogens is 306 g/mol. The number of nitrogens with one attached hydrogen (secondary N) is 1. The minimum atomic E-state index is -0.895. The molecule has 0 radical (unpaired) electrons. The number of hydrogen-bond donors (Lipinski definition) is 1. The van der Waals surface area contributed by atoms with Gasteiger partial charge in [-0.15, -0.1) is 0 Å². The second-order valence-electron chi connectivity index (χ2n) is 5.48. The van der Waals surface area contributed by atoms with Crippen LogP contribution in [0, 0.1) is 6.92 Å². The van der Waals surface area contributed by atoms with Gasteiger partial charge in [0, 0.05) is 0 Å². The summed E-state index contributed by atoms with van der Waals surface area (Å²) in [6.07, 6.45) is -0.764. The highest BCUT2D eigenvalue weighted by molar-refractivity contribution is 5.96. The Labute approximate surface area is 141 Å². The number of anilines is 1. The van der Waals surface area contributed by atoms with Crippen LogP contribution in [0.15, 0.2) is 48.5 Å². The minimum absolute atomic E-state index is 0.132. The van der Waals surface area contributed by atoms with Crippen LogP contribution in [0.1, 0.15) is 18.1 Å². The van der Waals surface area contributed by atoms with Crippen molar-refractivity contribution in [3.63, 3.8) is 0 Å². The first-order chi connectivity index (χ1) is 11.5. The molecule has 0 bridgehead atoms. The van der Waals surface area contributed by atoms with Crippen LogP contribution in [0.2, 0.25) is 0 Å². The van der Waals surface area contributed by atoms with Crippen molar-refractivity contribution >= 4 is 17.6 Å². The summed E-state index contributed by atoms with van der Waals surface area (Å²) in [5.74, 6) is -0.303. The Bertz CT molecular complexity index is 710. The molecule has 0 saturated carbocycles. The molecule has 0 fully saturated rings. The summed E-state index contributed by atoms with van der Waals surface area (Å²) in [5.41, 5.74) is 2.51. The molecule has 2 aromatic carbocycles. The molecule has 2 rings (SSSR count). The highest BCUT2D eigenvalue weighted by Gasteiger charge is 2.19. The summed E-state index contributed by atoms with van der Waals surface area (Å²) in [4.78, 5) is 24.1. The van der Waals surface area contributed by atoms with Gasteiger partial charge in [0.1, 0.15) is 5.75 Å². The van der Waals surface area contributed by atoms with Crippen molar-refractivity contribution in [3.05, 3.63) is 59.7 Å². The predicted octanol–water partition coefficient (Wildman–Crippen LogP) is 3.12. The lowest BCUT2D eigenvalue weighted by atomic mass is 10.1. The summed E-state index contributed by atoms with van der Waals surface area (Å²) in [6, 6.07) is 14.7. The van der Waals surface area contributed by atoms with Gasteiger partial charge in [0.25, 0.3) is 5.91 Å². The van der Waals surface area contributed by atoms with Crippen molar-refractivity contribution in [2.24, 2.45) is 0 Å². The van der Waals surface area contributed by atoms with Crippen molar-refractivity contribution in [3.8, 4) is 5.75 Å². The largest absolute Gasteiger partial charge is 0.495 e. The highest BCUT2D eigenvalue weighted by atomic mass is 16.5. The predicted molar refractivity (Wildman–Crippen MR) is 92.1 cm³/mol. The number of rotatable bonds is 6. The van der Waals surface area contributed by atoms with Crippen LogP contribution in [-0.4, -0.2) is 25.1 Å². The van der Waals surface area contributed by atoms with E-state index in [1.165, 1.54) is 14.0 Å². The van der Waals surface area contributed by atoms with Crippen molar-refractivity contribution in [2.45, 2.75) is 26.4 Å². The third kappa shape index (κ3) is 4.84. The number of carbonyl (C=O) groups is 2. The number of methoxy groups -OCH3 is 1. The molecular formula is C19H21NO4. The first-order valence-electron chi connectivity index (χ1n) is 7.68. The van der Waals surface area contributed by atoms with E-state index in [-0.39, 0.29) is 6.42 Å². The average Bonchev–Trinajstić information content (AvgIpc) is 2.57. The molecule has 0 aliphatic carbocycles. The van der Waals surface area contributed by atoms with Gasteiger partial charge in [0.15, 0.2) is 6.10 Å². The van der Waals surface area contributed by atoms with E-state index < -0.39 is 18.0 Å². The van der Waals surface area contributed by atoms with Gasteiger partial charge in [-0.1, -0.05) is 42.0 Å². The van der Waals surface area contributed by atoms with Crippen molar-refractivity contribution in [2.75, 3.05) is 12.4 Å². The number of carbonyl (C=O) groups excluding carboxylic acids is 2. The van der Waals surface area contributed by atoms with E-state index in [4.69, 9.17) is 9.47 Å². The van der Waals surface area contributed by atoms with Crippen LogP contribution in [0.4, 0.5) is 5.69 Å². The van der Waals surface area contributed by atoms with Gasteiger partial charge in [0.05, 0.1) is 19.2 Å². The van der Waals surface area contributed by atoms with E-state index in [9.17, 15) is 9.59 Å². The van der Waals surface area contributed by atoms with E-state index in [2.05, 4.69) is 5.32 Å². The van der Waals surface area contributed by atoms with Crippen LogP contribution in [0.25, 0.3) is 0 Å². The molecule has 1 amide bonds. The number of benzene rings is 2. The van der Waals surface area contributed by atoms with Crippen LogP contribution >= 0.6 is 0 Å². The first-order valence-corrected chi connectivity index (χ1v) is 7.68. The van der Waals surface area contributed by atoms with E-state index in [0.29, 0.717) is 11.4 Å². The van der Waals surface area contributed by atoms with Crippen LogP contribution in [0.5, 0.6) is 5.75 Å². The molecule has 1 atom stereocenters. The van der Waals surface area contributed by atoms with Crippen molar-refractivity contribution in [1.82, 2.24) is 0 Å². The van der Waals surface area contributed by atoms with Crippen LogP contribution in [0.3, 0.4) is 0 Å². The first kappa shape index (κ1) is 17.5. The van der Waals surface area contributed by atoms with Gasteiger partial charge >= 0.3 is 5.97 Å². The zero-order chi connectivity index (χ0) is 17.5. The Balaban J connectivity index is 1.91. The van der Waals surface area contributed by atoms with Gasteiger partial charge in [-0.2, -0.15) is 0 Å². The van der Waals surface area contributed by atoms with Gasteiger partial charge < -0.3 is 14.8 Å². The van der Waals surface area contributed by atoms with E-state index in [1.807, 2.05) is 31.2 Å². The lowest BCUT2D eigenvalue weighted by Crippen LogP contribution is -2.30. The van der Waals surface area contributed by atoms with E-state index in [1.54, 1.807) is 24.3 Å². The number of esters is 1. The fraction of sp³-hybridized carbons (Fsp3) is 0.263. The minimum Gasteiger partial charge on any atom is -0.495 e. The topological polar surface area (TPSA) is 64.6 Å². The quantitative estimate of drug-likeness (QED) is 0.828. The second kappa shape index (κ2) is 8.15. The average molecular weight is 327 g/mol. The van der Waals surface area contributed by atoms with Gasteiger partial charge in [-0.25, -0.2) is 0 Å². The molecule has 126 valence electrons. The zero-order valence-electron chi connectivity index (χ0n) is 14.0. The Morgan fingerprint density at radius 3 is 2.42 bits per heavy atom. The molecule has 24 heavy (non-hydrogen) atoms. The fourth-order valence-electron chi connectivity index (χ4n) is 2.15. The molecule has 0 saturated heterocycles. The van der Waals surface area contributed by atoms with Crippen LogP contribution < -0.4 is 10.1 Å². The zero-order valence-corrected chi connectivity index (χ0v) is 14.0. The van der Waals surface area contributed by atoms with Crippen molar-refractivity contribution in [1.29, 1.82) is 0 Å². The molecule has 0 aromatic heterocycles. The van der Waals surface area contributed by atoms with Crippen LogP contribution in [-0.2, 0) is 20.7 Å². The third-order valence-corrected chi connectivity index (χ3v) is 3.51. The summed E-state index contributed by atoms with van der Waals surface area (Å²) in [5, 5.41) is 2.70. The lowest BCUT2D eigenvalue weighted by Gasteiger charge is -2.15. The molecule has 0 unspecified atom stereocenters. The van der Waals surface area contributed by atoms with Gasteiger partial charge in [-0.3, -0.25) is 9.59 Å². The summed E-state index contributed by atoms with van der Waals surface area (Å²) < 4.78 is 10.4. The van der Waals surface area contributed by atoms with E-state index in [0.717, 1.165) is 11.1 Å². The summed E-state index contributed by atoms with van der Waals surface area (Å²) in [6.45, 7) is 3.52. The normalized spacial score (nSPS) is 11.5. The molecule has 0 aliphatic heterocycles. The molecule has 0 spiro atoms. The second-order valence-corrected chi connectivity index (χ2v) is 5.48. The number of para-hydroxylation sites is 2. The maximum absolute atomic E-state index is 12.2.